The summed E-state index contributed by atoms with van der Waals surface area (Å²) in [6.45, 7) is 3.34. The zero-order valence-electron chi connectivity index (χ0n) is 15.9. The first-order chi connectivity index (χ1) is 13.2. The second-order valence-electron chi connectivity index (χ2n) is 6.85. The van der Waals surface area contributed by atoms with Crippen LogP contribution in [0.25, 0.3) is 10.8 Å². The lowest BCUT2D eigenvalue weighted by molar-refractivity contribution is -0.122. The fourth-order valence-corrected chi connectivity index (χ4v) is 3.15. The molecule has 3 rings (SSSR count). The lowest BCUT2D eigenvalue weighted by Gasteiger charge is -2.15. The summed E-state index contributed by atoms with van der Waals surface area (Å²) in [6.07, 6.45) is 2.14. The minimum Gasteiger partial charge on any atom is -0.381 e. The van der Waals surface area contributed by atoms with Gasteiger partial charge in [-0.05, 0) is 47.7 Å². The van der Waals surface area contributed by atoms with E-state index < -0.39 is 0 Å². The molecule has 140 valence electrons. The van der Waals surface area contributed by atoms with Gasteiger partial charge in [0, 0.05) is 13.0 Å². The molecular formula is C24H27NO2. The molecule has 1 amide bonds. The third kappa shape index (κ3) is 5.93. The van der Waals surface area contributed by atoms with Crippen LogP contribution in [0, 0.1) is 0 Å². The molecule has 0 spiro atoms. The Balaban J connectivity index is 1.35. The summed E-state index contributed by atoms with van der Waals surface area (Å²) < 4.78 is 5.65. The zero-order valence-corrected chi connectivity index (χ0v) is 15.9. The maximum atomic E-state index is 12.2. The van der Waals surface area contributed by atoms with E-state index >= 15 is 0 Å². The quantitative estimate of drug-likeness (QED) is 0.541. The number of nitrogens with one attached hydrogen (secondary N) is 1. The summed E-state index contributed by atoms with van der Waals surface area (Å²) in [7, 11) is 0. The van der Waals surface area contributed by atoms with Crippen molar-refractivity contribution in [2.45, 2.75) is 32.2 Å². The molecule has 1 unspecified atom stereocenters. The van der Waals surface area contributed by atoms with Crippen LogP contribution in [-0.4, -0.2) is 19.1 Å². The molecule has 0 saturated carbocycles. The Labute approximate surface area is 161 Å². The molecule has 1 atom stereocenters. The number of benzene rings is 3. The maximum absolute atomic E-state index is 12.2. The Morgan fingerprint density at radius 3 is 2.48 bits per heavy atom. The standard InChI is InChI=1S/C24H27NO2/c1-19(22-14-13-21-10-5-6-11-23(21)18-22)25-24(26)12-7-16-27-17-15-20-8-3-2-4-9-20/h2-6,8-11,13-14,18-19H,7,12,15-17H2,1H3,(H,25,26). The molecule has 1 N–H and O–H groups in total. The number of hydrogen-bond donors (Lipinski definition) is 1. The lowest BCUT2D eigenvalue weighted by atomic mass is 10.0. The summed E-state index contributed by atoms with van der Waals surface area (Å²) in [6, 6.07) is 24.9. The molecule has 0 aromatic heterocycles. The van der Waals surface area contributed by atoms with Gasteiger partial charge in [-0.25, -0.2) is 0 Å². The van der Waals surface area contributed by atoms with Gasteiger partial charge in [-0.3, -0.25) is 4.79 Å². The molecular weight excluding hydrogens is 334 g/mol. The molecule has 0 fully saturated rings. The molecule has 3 heteroatoms. The van der Waals surface area contributed by atoms with Gasteiger partial charge in [0.2, 0.25) is 5.91 Å². The molecule has 0 radical (unpaired) electrons. The summed E-state index contributed by atoms with van der Waals surface area (Å²) in [5.41, 5.74) is 2.40. The predicted molar refractivity (Wildman–Crippen MR) is 111 cm³/mol. The first-order valence-electron chi connectivity index (χ1n) is 9.62. The molecule has 3 aromatic rings. The molecule has 3 aromatic carbocycles. The topological polar surface area (TPSA) is 38.3 Å². The molecule has 0 bridgehead atoms. The van der Waals surface area contributed by atoms with Crippen molar-refractivity contribution in [3.8, 4) is 0 Å². The van der Waals surface area contributed by atoms with Crippen LogP contribution in [0.2, 0.25) is 0 Å². The Morgan fingerprint density at radius 2 is 1.67 bits per heavy atom. The number of carbonyl (C=O) groups is 1. The number of amides is 1. The second-order valence-corrected chi connectivity index (χ2v) is 6.85. The van der Waals surface area contributed by atoms with Gasteiger partial charge < -0.3 is 10.1 Å². The van der Waals surface area contributed by atoms with Gasteiger partial charge in [0.1, 0.15) is 0 Å². The summed E-state index contributed by atoms with van der Waals surface area (Å²) in [4.78, 5) is 12.2. The summed E-state index contributed by atoms with van der Waals surface area (Å²) >= 11 is 0. The monoisotopic (exact) mass is 361 g/mol. The van der Waals surface area contributed by atoms with E-state index in [0.717, 1.165) is 18.4 Å². The van der Waals surface area contributed by atoms with Crippen LogP contribution >= 0.6 is 0 Å². The third-order valence-electron chi connectivity index (χ3n) is 4.72. The van der Waals surface area contributed by atoms with Crippen molar-refractivity contribution in [2.75, 3.05) is 13.2 Å². The van der Waals surface area contributed by atoms with Gasteiger partial charge in [-0.1, -0.05) is 66.7 Å². The number of carbonyl (C=O) groups excluding carboxylic acids is 1. The van der Waals surface area contributed by atoms with E-state index in [-0.39, 0.29) is 11.9 Å². The Bertz CT molecular complexity index is 860. The minimum atomic E-state index is 0.00102. The number of fused-ring (bicyclic) bond motifs is 1. The van der Waals surface area contributed by atoms with Crippen molar-refractivity contribution in [1.29, 1.82) is 0 Å². The first-order valence-corrected chi connectivity index (χ1v) is 9.62. The largest absolute Gasteiger partial charge is 0.381 e. The highest BCUT2D eigenvalue weighted by atomic mass is 16.5. The van der Waals surface area contributed by atoms with Crippen molar-refractivity contribution in [2.24, 2.45) is 0 Å². The van der Waals surface area contributed by atoms with Gasteiger partial charge in [-0.2, -0.15) is 0 Å². The van der Waals surface area contributed by atoms with Crippen molar-refractivity contribution < 1.29 is 9.53 Å². The van der Waals surface area contributed by atoms with E-state index in [9.17, 15) is 4.79 Å². The fraction of sp³-hybridized carbons (Fsp3) is 0.292. The third-order valence-corrected chi connectivity index (χ3v) is 4.72. The Kier molecular flexibility index (Phi) is 7.00. The number of hydrogen-bond acceptors (Lipinski definition) is 2. The van der Waals surface area contributed by atoms with E-state index in [0.29, 0.717) is 19.6 Å². The van der Waals surface area contributed by atoms with E-state index in [1.54, 1.807) is 0 Å². The van der Waals surface area contributed by atoms with Crippen LogP contribution in [0.15, 0.2) is 72.8 Å². The summed E-state index contributed by atoms with van der Waals surface area (Å²) in [5.74, 6) is 0.0716. The molecule has 0 aliphatic heterocycles. The molecule has 0 aliphatic carbocycles. The Morgan fingerprint density at radius 1 is 0.926 bits per heavy atom. The predicted octanol–water partition coefficient (Wildman–Crippen LogP) is 5.06. The highest BCUT2D eigenvalue weighted by Crippen LogP contribution is 2.20. The second kappa shape index (κ2) is 9.89. The lowest BCUT2D eigenvalue weighted by Crippen LogP contribution is -2.26. The van der Waals surface area contributed by atoms with Crippen LogP contribution in [0.4, 0.5) is 0 Å². The maximum Gasteiger partial charge on any atom is 0.220 e. The fourth-order valence-electron chi connectivity index (χ4n) is 3.15. The van der Waals surface area contributed by atoms with Crippen molar-refractivity contribution in [3.63, 3.8) is 0 Å². The van der Waals surface area contributed by atoms with Crippen molar-refractivity contribution >= 4 is 16.7 Å². The number of ether oxygens (including phenoxy) is 1. The molecule has 3 nitrogen and oxygen atoms in total. The SMILES string of the molecule is CC(NC(=O)CCCOCCc1ccccc1)c1ccc2ccccc2c1. The van der Waals surface area contributed by atoms with Crippen LogP contribution in [0.3, 0.4) is 0 Å². The summed E-state index contributed by atoms with van der Waals surface area (Å²) in [5, 5.41) is 5.50. The minimum absolute atomic E-state index is 0.00102. The highest BCUT2D eigenvalue weighted by molar-refractivity contribution is 5.83. The molecule has 0 saturated heterocycles. The average Bonchev–Trinajstić information content (AvgIpc) is 2.71. The van der Waals surface area contributed by atoms with Gasteiger partial charge in [0.15, 0.2) is 0 Å². The van der Waals surface area contributed by atoms with Crippen LogP contribution in [0.1, 0.15) is 36.9 Å². The average molecular weight is 361 g/mol. The van der Waals surface area contributed by atoms with Gasteiger partial charge in [0.25, 0.3) is 0 Å². The van der Waals surface area contributed by atoms with Gasteiger partial charge in [0.05, 0.1) is 12.6 Å². The zero-order chi connectivity index (χ0) is 18.9. The molecule has 0 aliphatic rings. The number of rotatable bonds is 9. The molecule has 27 heavy (non-hydrogen) atoms. The van der Waals surface area contributed by atoms with Crippen LogP contribution < -0.4 is 5.32 Å². The van der Waals surface area contributed by atoms with Crippen molar-refractivity contribution in [1.82, 2.24) is 5.32 Å². The van der Waals surface area contributed by atoms with Gasteiger partial charge >= 0.3 is 0 Å². The Hall–Kier alpha value is -2.65. The highest BCUT2D eigenvalue weighted by Gasteiger charge is 2.10. The van der Waals surface area contributed by atoms with E-state index in [1.807, 2.05) is 37.3 Å². The van der Waals surface area contributed by atoms with Crippen molar-refractivity contribution in [3.05, 3.63) is 83.9 Å². The molecule has 0 heterocycles. The van der Waals surface area contributed by atoms with Crippen LogP contribution in [0.5, 0.6) is 0 Å². The van der Waals surface area contributed by atoms with E-state index in [1.165, 1.54) is 16.3 Å². The smallest absolute Gasteiger partial charge is 0.220 e. The van der Waals surface area contributed by atoms with E-state index in [2.05, 4.69) is 47.8 Å². The van der Waals surface area contributed by atoms with E-state index in [4.69, 9.17) is 4.74 Å². The normalized spacial score (nSPS) is 12.0. The first kappa shape index (κ1) is 19.1. The van der Waals surface area contributed by atoms with Gasteiger partial charge in [-0.15, -0.1) is 0 Å². The van der Waals surface area contributed by atoms with Crippen LogP contribution in [-0.2, 0) is 16.0 Å².